The highest BCUT2D eigenvalue weighted by molar-refractivity contribution is 5.76. The molecule has 0 spiro atoms. The molecule has 0 heterocycles. The Kier molecular flexibility index (Phi) is 9.53. The maximum Gasteiger partial charge on any atom is 0.311 e. The van der Waals surface area contributed by atoms with Crippen LogP contribution in [0.2, 0.25) is 0 Å². The van der Waals surface area contributed by atoms with Crippen LogP contribution in [0.25, 0.3) is 0 Å². The highest BCUT2D eigenvalue weighted by Gasteiger charge is 2.42. The van der Waals surface area contributed by atoms with Crippen LogP contribution in [0.3, 0.4) is 0 Å². The molecule has 2 aliphatic rings. The van der Waals surface area contributed by atoms with Gasteiger partial charge in [0.2, 0.25) is 0 Å². The van der Waals surface area contributed by atoms with Gasteiger partial charge in [-0.05, 0) is 69.3 Å². The second-order valence-corrected chi connectivity index (χ2v) is 10.4. The number of esters is 2. The molecule has 6 nitrogen and oxygen atoms in total. The van der Waals surface area contributed by atoms with Crippen molar-refractivity contribution in [2.24, 2.45) is 29.1 Å². The quantitative estimate of drug-likeness (QED) is 0.485. The Balaban J connectivity index is 2.10. The van der Waals surface area contributed by atoms with Gasteiger partial charge in [-0.3, -0.25) is 9.59 Å². The minimum absolute atomic E-state index is 0.106. The number of hydrogen-bond acceptors (Lipinski definition) is 6. The van der Waals surface area contributed by atoms with Gasteiger partial charge >= 0.3 is 11.9 Å². The van der Waals surface area contributed by atoms with Crippen LogP contribution in [0.5, 0.6) is 0 Å². The van der Waals surface area contributed by atoms with Crippen molar-refractivity contribution >= 4 is 11.9 Å². The maximum atomic E-state index is 12.9. The van der Waals surface area contributed by atoms with Crippen LogP contribution in [0.1, 0.15) is 73.1 Å². The van der Waals surface area contributed by atoms with E-state index in [0.29, 0.717) is 12.3 Å². The van der Waals surface area contributed by atoms with Gasteiger partial charge in [0.15, 0.2) is 0 Å². The first-order valence-corrected chi connectivity index (χ1v) is 12.0. The summed E-state index contributed by atoms with van der Waals surface area (Å²) in [5, 5.41) is 20.5. The number of carbonyl (C=O) groups is 2. The first kappa shape index (κ1) is 26.6. The van der Waals surface area contributed by atoms with Gasteiger partial charge in [-0.2, -0.15) is 0 Å². The number of methoxy groups -OCH3 is 1. The van der Waals surface area contributed by atoms with E-state index in [1.807, 2.05) is 20.8 Å². The van der Waals surface area contributed by atoms with E-state index < -0.39 is 23.6 Å². The van der Waals surface area contributed by atoms with Crippen LogP contribution in [-0.4, -0.2) is 47.6 Å². The van der Waals surface area contributed by atoms with Crippen molar-refractivity contribution in [2.75, 3.05) is 7.11 Å². The van der Waals surface area contributed by atoms with Gasteiger partial charge < -0.3 is 19.7 Å². The number of ether oxygens (including phenoxy) is 2. The summed E-state index contributed by atoms with van der Waals surface area (Å²) in [4.78, 5) is 24.2. The molecule has 0 saturated carbocycles. The molecular weight excluding hydrogens is 408 g/mol. The van der Waals surface area contributed by atoms with Gasteiger partial charge in [0.1, 0.15) is 6.10 Å². The third-order valence-electron chi connectivity index (χ3n) is 7.30. The lowest BCUT2D eigenvalue weighted by atomic mass is 9.65. The third kappa shape index (κ3) is 6.92. The summed E-state index contributed by atoms with van der Waals surface area (Å²) in [6.07, 6.45) is 7.67. The Morgan fingerprint density at radius 1 is 1.22 bits per heavy atom. The number of aliphatic hydroxyl groups excluding tert-OH is 2. The molecule has 0 aliphatic heterocycles. The molecule has 0 amide bonds. The summed E-state index contributed by atoms with van der Waals surface area (Å²) >= 11 is 0. The first-order valence-electron chi connectivity index (χ1n) is 12.0. The predicted octanol–water partition coefficient (Wildman–Crippen LogP) is 4.19. The zero-order chi connectivity index (χ0) is 24.1. The van der Waals surface area contributed by atoms with Gasteiger partial charge in [-0.25, -0.2) is 0 Å². The lowest BCUT2D eigenvalue weighted by molar-refractivity contribution is -0.164. The summed E-state index contributed by atoms with van der Waals surface area (Å²) in [6, 6.07) is 0. The average molecular weight is 451 g/mol. The molecule has 7 atom stereocenters. The molecule has 7 unspecified atom stereocenters. The smallest absolute Gasteiger partial charge is 0.311 e. The Bertz CT molecular complexity index is 709. The molecule has 182 valence electrons. The molecular formula is C26H42O6. The van der Waals surface area contributed by atoms with E-state index in [4.69, 9.17) is 4.74 Å². The Labute approximate surface area is 193 Å². The molecule has 0 saturated heterocycles. The van der Waals surface area contributed by atoms with Crippen molar-refractivity contribution in [3.63, 3.8) is 0 Å². The second kappa shape index (κ2) is 11.5. The molecule has 2 N–H and O–H groups in total. The highest BCUT2D eigenvalue weighted by Crippen LogP contribution is 2.45. The number of allylic oxidation sites excluding steroid dienone is 3. The molecule has 0 aromatic heterocycles. The van der Waals surface area contributed by atoms with Gasteiger partial charge in [-0.1, -0.05) is 39.0 Å². The van der Waals surface area contributed by atoms with Gasteiger partial charge in [-0.15, -0.1) is 0 Å². The zero-order valence-corrected chi connectivity index (χ0v) is 20.5. The van der Waals surface area contributed by atoms with Crippen molar-refractivity contribution in [3.05, 3.63) is 23.8 Å². The minimum atomic E-state index is -0.919. The molecule has 2 rings (SSSR count). The Morgan fingerprint density at radius 2 is 1.91 bits per heavy atom. The van der Waals surface area contributed by atoms with E-state index in [0.717, 1.165) is 19.3 Å². The Morgan fingerprint density at radius 3 is 2.53 bits per heavy atom. The SMILES string of the molecule is CCC(C)(C)C(=O)OC1CC(C)C=C2C=CC(C)C(CCC(O)CC(O)CC(=O)OC)C21. The number of carbonyl (C=O) groups excluding carboxylic acids is 2. The molecule has 0 radical (unpaired) electrons. The van der Waals surface area contributed by atoms with Crippen LogP contribution in [0.15, 0.2) is 23.8 Å². The molecule has 0 aromatic rings. The van der Waals surface area contributed by atoms with E-state index in [-0.39, 0.29) is 42.7 Å². The minimum Gasteiger partial charge on any atom is -0.469 e. The molecule has 6 heteroatoms. The lowest BCUT2D eigenvalue weighted by Crippen LogP contribution is -2.43. The van der Waals surface area contributed by atoms with Crippen molar-refractivity contribution in [2.45, 2.75) is 91.5 Å². The fraction of sp³-hybridized carbons (Fsp3) is 0.769. The normalized spacial score (nSPS) is 29.5. The molecule has 0 aromatic carbocycles. The van der Waals surface area contributed by atoms with E-state index in [9.17, 15) is 19.8 Å². The molecule has 2 aliphatic carbocycles. The Hall–Kier alpha value is -1.66. The first-order chi connectivity index (χ1) is 15.0. The molecule has 0 bridgehead atoms. The fourth-order valence-corrected chi connectivity index (χ4v) is 4.84. The zero-order valence-electron chi connectivity index (χ0n) is 20.5. The van der Waals surface area contributed by atoms with Crippen molar-refractivity contribution in [1.82, 2.24) is 0 Å². The summed E-state index contributed by atoms with van der Waals surface area (Å²) in [6.45, 7) is 10.2. The monoisotopic (exact) mass is 450 g/mol. The molecule has 32 heavy (non-hydrogen) atoms. The lowest BCUT2D eigenvalue weighted by Gasteiger charge is -2.44. The van der Waals surface area contributed by atoms with Gasteiger partial charge in [0.25, 0.3) is 0 Å². The van der Waals surface area contributed by atoms with E-state index in [1.54, 1.807) is 0 Å². The predicted molar refractivity (Wildman–Crippen MR) is 124 cm³/mol. The van der Waals surface area contributed by atoms with Crippen molar-refractivity contribution in [1.29, 1.82) is 0 Å². The summed E-state index contributed by atoms with van der Waals surface area (Å²) in [5.74, 6) is 0.329. The molecule has 0 fully saturated rings. The standard InChI is InChI=1S/C26H42O6/c1-7-26(4,5)25(30)32-22-13-16(2)12-18-9-8-17(3)21(24(18)22)11-10-19(27)14-20(28)15-23(29)31-6/h8-9,12,16-17,19-22,24,27-28H,7,10-11,13-15H2,1-6H3. The van der Waals surface area contributed by atoms with Gasteiger partial charge in [0.05, 0.1) is 31.2 Å². The number of rotatable bonds is 10. The van der Waals surface area contributed by atoms with Crippen LogP contribution < -0.4 is 0 Å². The maximum absolute atomic E-state index is 12.9. The number of hydrogen-bond donors (Lipinski definition) is 2. The van der Waals surface area contributed by atoms with E-state index in [2.05, 4.69) is 36.8 Å². The van der Waals surface area contributed by atoms with Gasteiger partial charge in [0, 0.05) is 5.92 Å². The summed E-state index contributed by atoms with van der Waals surface area (Å²) in [7, 11) is 1.28. The number of fused-ring (bicyclic) bond motifs is 1. The summed E-state index contributed by atoms with van der Waals surface area (Å²) in [5.41, 5.74) is 0.710. The highest BCUT2D eigenvalue weighted by atomic mass is 16.5. The number of aliphatic hydroxyl groups is 2. The van der Waals surface area contributed by atoms with Crippen molar-refractivity contribution < 1.29 is 29.3 Å². The van der Waals surface area contributed by atoms with Crippen molar-refractivity contribution in [3.8, 4) is 0 Å². The topological polar surface area (TPSA) is 93.1 Å². The largest absolute Gasteiger partial charge is 0.469 e. The van der Waals surface area contributed by atoms with E-state index in [1.165, 1.54) is 12.7 Å². The third-order valence-corrected chi connectivity index (χ3v) is 7.30. The summed E-state index contributed by atoms with van der Waals surface area (Å²) < 4.78 is 10.7. The fourth-order valence-electron chi connectivity index (χ4n) is 4.84. The second-order valence-electron chi connectivity index (χ2n) is 10.4. The average Bonchev–Trinajstić information content (AvgIpc) is 2.72. The van der Waals surface area contributed by atoms with Crippen LogP contribution in [-0.2, 0) is 19.1 Å². The van der Waals surface area contributed by atoms with Crippen LogP contribution in [0.4, 0.5) is 0 Å². The van der Waals surface area contributed by atoms with Crippen LogP contribution >= 0.6 is 0 Å². The van der Waals surface area contributed by atoms with E-state index >= 15 is 0 Å². The van der Waals surface area contributed by atoms with Crippen LogP contribution in [0, 0.1) is 29.1 Å².